The molecule has 24 heavy (non-hydrogen) atoms. The Morgan fingerprint density at radius 2 is 1.92 bits per heavy atom. The first kappa shape index (κ1) is 14.6. The van der Waals surface area contributed by atoms with Gasteiger partial charge in [-0.1, -0.05) is 11.6 Å². The van der Waals surface area contributed by atoms with Crippen molar-refractivity contribution >= 4 is 22.7 Å². The maximum atomic E-state index is 4.19. The Kier molecular flexibility index (Phi) is 3.25. The Balaban J connectivity index is 1.71. The molecular weight excluding hydrogens is 314 g/mol. The van der Waals surface area contributed by atoms with Crippen molar-refractivity contribution in [2.75, 3.05) is 13.6 Å². The average Bonchev–Trinajstić information content (AvgIpc) is 2.90. The molecule has 0 radical (unpaired) electrons. The number of likely N-dealkylation sites (N-methyl/N-ethyl adjacent to an activating group) is 1. The van der Waals surface area contributed by atoms with Crippen LogP contribution < -0.4 is 0 Å². The van der Waals surface area contributed by atoms with Gasteiger partial charge in [0.25, 0.3) is 0 Å². The lowest BCUT2D eigenvalue weighted by atomic mass is 10.0. The average molecular weight is 335 g/mol. The second kappa shape index (κ2) is 5.36. The van der Waals surface area contributed by atoms with E-state index in [2.05, 4.69) is 70.5 Å². The van der Waals surface area contributed by atoms with Crippen LogP contribution in [0, 0.1) is 6.92 Å². The molecule has 2 aliphatic heterocycles. The highest BCUT2D eigenvalue weighted by Gasteiger charge is 2.36. The van der Waals surface area contributed by atoms with Crippen LogP contribution in [-0.4, -0.2) is 28.0 Å². The fourth-order valence-corrected chi connectivity index (χ4v) is 5.95. The van der Waals surface area contributed by atoms with Crippen molar-refractivity contribution in [3.05, 3.63) is 65.1 Å². The first-order valence-electron chi connectivity index (χ1n) is 8.56. The summed E-state index contributed by atoms with van der Waals surface area (Å²) in [6.07, 6.45) is 3.84. The zero-order valence-electron chi connectivity index (χ0n) is 14.1. The monoisotopic (exact) mass is 335 g/mol. The van der Waals surface area contributed by atoms with Gasteiger partial charge in [0.1, 0.15) is 0 Å². The number of pyridine rings is 1. The van der Waals surface area contributed by atoms with E-state index >= 15 is 0 Å². The molecule has 3 nitrogen and oxygen atoms in total. The summed E-state index contributed by atoms with van der Waals surface area (Å²) in [6, 6.07) is 11.3. The fourth-order valence-electron chi connectivity index (χ4n) is 4.27. The van der Waals surface area contributed by atoms with Gasteiger partial charge in [0.2, 0.25) is 0 Å². The highest BCUT2D eigenvalue weighted by atomic mass is 32.2. The van der Waals surface area contributed by atoms with Crippen LogP contribution in [0.2, 0.25) is 0 Å². The van der Waals surface area contributed by atoms with Crippen molar-refractivity contribution in [2.45, 2.75) is 30.5 Å². The summed E-state index contributed by atoms with van der Waals surface area (Å²) in [5, 5.41) is 2.51. The zero-order valence-corrected chi connectivity index (χ0v) is 14.9. The molecule has 5 rings (SSSR count). The van der Waals surface area contributed by atoms with Crippen LogP contribution in [0.4, 0.5) is 0 Å². The molecule has 0 fully saturated rings. The predicted molar refractivity (Wildman–Crippen MR) is 100 cm³/mol. The maximum Gasteiger partial charge on any atom is 0.0587 e. The molecule has 3 aromatic rings. The van der Waals surface area contributed by atoms with Gasteiger partial charge in [0.05, 0.1) is 5.25 Å². The van der Waals surface area contributed by atoms with E-state index in [0.717, 1.165) is 19.6 Å². The lowest BCUT2D eigenvalue weighted by Gasteiger charge is -2.38. The van der Waals surface area contributed by atoms with Crippen LogP contribution in [0.3, 0.4) is 0 Å². The van der Waals surface area contributed by atoms with Crippen LogP contribution >= 0.6 is 11.8 Å². The molecule has 0 spiro atoms. The molecule has 2 aliphatic rings. The standard InChI is InChI=1S/C20H21N3S/c1-13-3-4-17-15(9-13)16-10-22(2)11-19-20(16)23(17)12-18(24-19)14-5-7-21-8-6-14/h3-9,18-19H,10-12H2,1-2H3. The van der Waals surface area contributed by atoms with Crippen LogP contribution in [0.25, 0.3) is 10.9 Å². The van der Waals surface area contributed by atoms with Crippen LogP contribution in [-0.2, 0) is 13.1 Å². The molecule has 4 heteroatoms. The highest BCUT2D eigenvalue weighted by molar-refractivity contribution is 7.99. The number of nitrogens with zero attached hydrogens (tertiary/aromatic N) is 3. The number of benzene rings is 1. The Labute approximate surface area is 146 Å². The van der Waals surface area contributed by atoms with Crippen LogP contribution in [0.1, 0.15) is 32.9 Å². The molecule has 2 atom stereocenters. The van der Waals surface area contributed by atoms with E-state index in [-0.39, 0.29) is 0 Å². The van der Waals surface area contributed by atoms with E-state index in [1.54, 1.807) is 11.3 Å². The van der Waals surface area contributed by atoms with Gasteiger partial charge >= 0.3 is 0 Å². The van der Waals surface area contributed by atoms with Crippen molar-refractivity contribution in [1.82, 2.24) is 14.5 Å². The highest BCUT2D eigenvalue weighted by Crippen LogP contribution is 2.51. The summed E-state index contributed by atoms with van der Waals surface area (Å²) in [7, 11) is 2.25. The quantitative estimate of drug-likeness (QED) is 0.661. The number of hydrogen-bond donors (Lipinski definition) is 0. The summed E-state index contributed by atoms with van der Waals surface area (Å²) >= 11 is 2.13. The topological polar surface area (TPSA) is 21.1 Å². The van der Waals surface area contributed by atoms with E-state index < -0.39 is 0 Å². The van der Waals surface area contributed by atoms with E-state index in [0.29, 0.717) is 10.5 Å². The summed E-state index contributed by atoms with van der Waals surface area (Å²) in [6.45, 7) is 5.46. The largest absolute Gasteiger partial charge is 0.342 e. The molecule has 0 saturated heterocycles. The van der Waals surface area contributed by atoms with E-state index in [9.17, 15) is 0 Å². The number of thioether (sulfide) groups is 1. The first-order chi connectivity index (χ1) is 11.7. The Morgan fingerprint density at radius 1 is 1.08 bits per heavy atom. The molecule has 122 valence electrons. The molecule has 1 aromatic carbocycles. The third-order valence-corrected chi connectivity index (χ3v) is 6.78. The second-order valence-corrected chi connectivity index (χ2v) is 8.50. The summed E-state index contributed by atoms with van der Waals surface area (Å²) < 4.78 is 2.60. The molecule has 2 aromatic heterocycles. The van der Waals surface area contributed by atoms with E-state index in [4.69, 9.17) is 0 Å². The first-order valence-corrected chi connectivity index (χ1v) is 9.50. The number of rotatable bonds is 1. The normalized spacial score (nSPS) is 23.4. The number of aromatic nitrogens is 2. The third kappa shape index (κ3) is 2.13. The van der Waals surface area contributed by atoms with Crippen molar-refractivity contribution in [1.29, 1.82) is 0 Å². The van der Waals surface area contributed by atoms with Crippen LogP contribution in [0.15, 0.2) is 42.7 Å². The molecule has 0 bridgehead atoms. The minimum absolute atomic E-state index is 0.502. The number of aryl methyl sites for hydroxylation is 1. The van der Waals surface area contributed by atoms with Gasteiger partial charge in [-0.15, -0.1) is 11.8 Å². The molecule has 4 heterocycles. The molecule has 0 amide bonds. The zero-order chi connectivity index (χ0) is 16.3. The molecule has 0 aliphatic carbocycles. The van der Waals surface area contributed by atoms with E-state index in [1.807, 2.05) is 12.4 Å². The van der Waals surface area contributed by atoms with E-state index in [1.165, 1.54) is 22.0 Å². The Bertz CT molecular complexity index is 916. The maximum absolute atomic E-state index is 4.19. The van der Waals surface area contributed by atoms with Gasteiger partial charge < -0.3 is 9.47 Å². The molecule has 2 unspecified atom stereocenters. The number of fused-ring (bicyclic) bond motifs is 3. The SMILES string of the molecule is Cc1ccc2c(c1)c1c3n2CC(c2ccncc2)SC3CN(C)C1. The lowest BCUT2D eigenvalue weighted by molar-refractivity contribution is 0.303. The third-order valence-electron chi connectivity index (χ3n) is 5.33. The Hall–Kier alpha value is -1.78. The summed E-state index contributed by atoms with van der Waals surface area (Å²) in [4.78, 5) is 6.66. The van der Waals surface area contributed by atoms with Gasteiger partial charge in [0, 0.05) is 53.9 Å². The summed E-state index contributed by atoms with van der Waals surface area (Å²) in [5.41, 5.74) is 7.27. The van der Waals surface area contributed by atoms with Crippen molar-refractivity contribution in [2.24, 2.45) is 0 Å². The van der Waals surface area contributed by atoms with Gasteiger partial charge in [-0.25, -0.2) is 0 Å². The van der Waals surface area contributed by atoms with Gasteiger partial charge in [-0.3, -0.25) is 4.98 Å². The molecular formula is C20H21N3S. The van der Waals surface area contributed by atoms with Gasteiger partial charge in [0.15, 0.2) is 0 Å². The number of hydrogen-bond acceptors (Lipinski definition) is 3. The van der Waals surface area contributed by atoms with Crippen molar-refractivity contribution < 1.29 is 0 Å². The predicted octanol–water partition coefficient (Wildman–Crippen LogP) is 4.32. The Morgan fingerprint density at radius 3 is 2.75 bits per heavy atom. The molecule has 0 N–H and O–H groups in total. The molecule has 0 saturated carbocycles. The van der Waals surface area contributed by atoms with Crippen LogP contribution in [0.5, 0.6) is 0 Å². The van der Waals surface area contributed by atoms with Gasteiger partial charge in [-0.2, -0.15) is 0 Å². The lowest BCUT2D eigenvalue weighted by Crippen LogP contribution is -2.33. The van der Waals surface area contributed by atoms with Crippen molar-refractivity contribution in [3.8, 4) is 0 Å². The fraction of sp³-hybridized carbons (Fsp3) is 0.350. The second-order valence-electron chi connectivity index (χ2n) is 7.09. The minimum atomic E-state index is 0.502. The summed E-state index contributed by atoms with van der Waals surface area (Å²) in [5.74, 6) is 0. The smallest absolute Gasteiger partial charge is 0.0587 e. The van der Waals surface area contributed by atoms with Gasteiger partial charge in [-0.05, 0) is 49.4 Å². The minimum Gasteiger partial charge on any atom is -0.342 e. The van der Waals surface area contributed by atoms with Crippen molar-refractivity contribution in [3.63, 3.8) is 0 Å².